The monoisotopic (exact) mass is 314 g/mol. The Bertz CT molecular complexity index is 773. The number of carbonyl (C=O) groups excluding carboxylic acids is 1. The molecule has 23 heavy (non-hydrogen) atoms. The number of aliphatic hydroxyl groups excluding tert-OH is 1. The molecule has 0 unspecified atom stereocenters. The van der Waals surface area contributed by atoms with Gasteiger partial charge in [-0.1, -0.05) is 32.0 Å². The summed E-state index contributed by atoms with van der Waals surface area (Å²) in [5.41, 5.74) is 1.92. The number of benzene rings is 1. The van der Waals surface area contributed by atoms with Crippen molar-refractivity contribution in [1.29, 1.82) is 0 Å². The molecule has 2 aromatic rings. The first kappa shape index (κ1) is 15.6. The average Bonchev–Trinajstić information content (AvgIpc) is 2.78. The Kier molecular flexibility index (Phi) is 3.68. The highest BCUT2D eigenvalue weighted by Crippen LogP contribution is 2.40. The van der Waals surface area contributed by atoms with E-state index in [2.05, 4.69) is 4.98 Å². The maximum Gasteiger partial charge on any atom is 0.223 e. The number of aromatic nitrogens is 1. The SMILES string of the molecule is CC(=O)N1CC(C)(C)c2ncc([C@H](O)c3ccccc3F)cc21. The molecule has 2 heterocycles. The van der Waals surface area contributed by atoms with Crippen molar-refractivity contribution in [1.82, 2.24) is 4.98 Å². The zero-order valence-corrected chi connectivity index (χ0v) is 13.4. The first-order valence-corrected chi connectivity index (χ1v) is 7.52. The molecular weight excluding hydrogens is 295 g/mol. The van der Waals surface area contributed by atoms with E-state index in [0.29, 0.717) is 17.8 Å². The normalized spacial score (nSPS) is 17.0. The second kappa shape index (κ2) is 5.42. The van der Waals surface area contributed by atoms with Crippen LogP contribution in [0.1, 0.15) is 43.7 Å². The molecule has 1 aromatic heterocycles. The molecule has 1 atom stereocenters. The van der Waals surface area contributed by atoms with Crippen LogP contribution in [-0.4, -0.2) is 22.5 Å². The quantitative estimate of drug-likeness (QED) is 0.927. The molecule has 1 aliphatic heterocycles. The van der Waals surface area contributed by atoms with E-state index in [4.69, 9.17) is 0 Å². The Balaban J connectivity index is 2.06. The van der Waals surface area contributed by atoms with Crippen molar-refractivity contribution in [2.24, 2.45) is 0 Å². The first-order valence-electron chi connectivity index (χ1n) is 7.52. The summed E-state index contributed by atoms with van der Waals surface area (Å²) in [6, 6.07) is 7.83. The summed E-state index contributed by atoms with van der Waals surface area (Å²) < 4.78 is 13.9. The second-order valence-electron chi connectivity index (χ2n) is 6.55. The van der Waals surface area contributed by atoms with E-state index < -0.39 is 11.9 Å². The van der Waals surface area contributed by atoms with Gasteiger partial charge in [-0.2, -0.15) is 0 Å². The van der Waals surface area contributed by atoms with Gasteiger partial charge in [-0.3, -0.25) is 9.78 Å². The van der Waals surface area contributed by atoms with E-state index in [1.807, 2.05) is 13.8 Å². The van der Waals surface area contributed by atoms with E-state index in [1.54, 1.807) is 35.4 Å². The molecule has 1 amide bonds. The molecule has 5 heteroatoms. The van der Waals surface area contributed by atoms with Gasteiger partial charge in [-0.25, -0.2) is 4.39 Å². The van der Waals surface area contributed by atoms with Crippen molar-refractivity contribution in [3.63, 3.8) is 0 Å². The van der Waals surface area contributed by atoms with Crippen molar-refractivity contribution in [3.05, 3.63) is 59.2 Å². The van der Waals surface area contributed by atoms with Crippen LogP contribution in [0.3, 0.4) is 0 Å². The lowest BCUT2D eigenvalue weighted by atomic mass is 9.90. The van der Waals surface area contributed by atoms with Gasteiger partial charge in [0.15, 0.2) is 0 Å². The topological polar surface area (TPSA) is 53.4 Å². The van der Waals surface area contributed by atoms with Crippen molar-refractivity contribution < 1.29 is 14.3 Å². The number of pyridine rings is 1. The Hall–Kier alpha value is -2.27. The Morgan fingerprint density at radius 2 is 2.09 bits per heavy atom. The maximum absolute atomic E-state index is 13.9. The van der Waals surface area contributed by atoms with Crippen LogP contribution in [-0.2, 0) is 10.2 Å². The van der Waals surface area contributed by atoms with E-state index in [9.17, 15) is 14.3 Å². The lowest BCUT2D eigenvalue weighted by Crippen LogP contribution is -2.32. The summed E-state index contributed by atoms with van der Waals surface area (Å²) in [6.07, 6.45) is 0.438. The van der Waals surface area contributed by atoms with Gasteiger partial charge < -0.3 is 10.0 Å². The maximum atomic E-state index is 13.9. The number of rotatable bonds is 2. The minimum atomic E-state index is -1.12. The number of halogens is 1. The van der Waals surface area contributed by atoms with Crippen LogP contribution >= 0.6 is 0 Å². The number of fused-ring (bicyclic) bond motifs is 1. The van der Waals surface area contributed by atoms with Gasteiger partial charge in [-0.15, -0.1) is 0 Å². The van der Waals surface area contributed by atoms with Crippen molar-refractivity contribution >= 4 is 11.6 Å². The molecule has 1 aromatic carbocycles. The number of anilines is 1. The van der Waals surface area contributed by atoms with Crippen molar-refractivity contribution in [3.8, 4) is 0 Å². The van der Waals surface area contributed by atoms with Crippen LogP contribution in [0.4, 0.5) is 10.1 Å². The Morgan fingerprint density at radius 1 is 1.39 bits per heavy atom. The van der Waals surface area contributed by atoms with Gasteiger partial charge >= 0.3 is 0 Å². The van der Waals surface area contributed by atoms with Gasteiger partial charge in [0.25, 0.3) is 0 Å². The van der Waals surface area contributed by atoms with E-state index >= 15 is 0 Å². The summed E-state index contributed by atoms with van der Waals surface area (Å²) in [4.78, 5) is 18.0. The summed E-state index contributed by atoms with van der Waals surface area (Å²) in [5.74, 6) is -0.541. The molecule has 1 aliphatic rings. The zero-order chi connectivity index (χ0) is 16.8. The summed E-state index contributed by atoms with van der Waals surface area (Å²) in [6.45, 7) is 6.10. The average molecular weight is 314 g/mol. The molecular formula is C18H19FN2O2. The molecule has 0 bridgehead atoms. The van der Waals surface area contributed by atoms with Crippen LogP contribution < -0.4 is 4.90 Å². The molecule has 0 saturated carbocycles. The highest BCUT2D eigenvalue weighted by atomic mass is 19.1. The van der Waals surface area contributed by atoms with Gasteiger partial charge in [-0.05, 0) is 12.1 Å². The molecule has 0 saturated heterocycles. The fourth-order valence-corrected chi connectivity index (χ4v) is 3.06. The third-order valence-corrected chi connectivity index (χ3v) is 4.27. The Morgan fingerprint density at radius 3 is 2.74 bits per heavy atom. The van der Waals surface area contributed by atoms with E-state index in [1.165, 1.54) is 13.0 Å². The van der Waals surface area contributed by atoms with E-state index in [-0.39, 0.29) is 16.9 Å². The molecule has 0 fully saturated rings. The smallest absolute Gasteiger partial charge is 0.223 e. The summed E-state index contributed by atoms with van der Waals surface area (Å²) >= 11 is 0. The standard InChI is InChI=1S/C18H19FN2O2/c1-11(22)21-10-18(2,3)17-15(21)8-12(9-20-17)16(23)13-6-4-5-7-14(13)19/h4-9,16,23H,10H2,1-3H3/t16-/m0/s1. The number of hydrogen-bond acceptors (Lipinski definition) is 3. The predicted molar refractivity (Wildman–Crippen MR) is 85.8 cm³/mol. The highest BCUT2D eigenvalue weighted by Gasteiger charge is 2.38. The van der Waals surface area contributed by atoms with Crippen molar-refractivity contribution in [2.45, 2.75) is 32.3 Å². The lowest BCUT2D eigenvalue weighted by molar-refractivity contribution is -0.116. The third kappa shape index (κ3) is 2.61. The van der Waals surface area contributed by atoms with Gasteiger partial charge in [0.1, 0.15) is 11.9 Å². The second-order valence-corrected chi connectivity index (χ2v) is 6.55. The largest absolute Gasteiger partial charge is 0.383 e. The Labute approximate surface area is 134 Å². The molecule has 0 spiro atoms. The van der Waals surface area contributed by atoms with Crippen LogP contribution in [0.2, 0.25) is 0 Å². The van der Waals surface area contributed by atoms with Crippen LogP contribution in [0.25, 0.3) is 0 Å². The van der Waals surface area contributed by atoms with E-state index in [0.717, 1.165) is 5.69 Å². The fourth-order valence-electron chi connectivity index (χ4n) is 3.06. The number of carbonyl (C=O) groups is 1. The van der Waals surface area contributed by atoms with Gasteiger partial charge in [0, 0.05) is 36.2 Å². The molecule has 3 rings (SSSR count). The van der Waals surface area contributed by atoms with Crippen LogP contribution in [0.5, 0.6) is 0 Å². The number of aliphatic hydroxyl groups is 1. The minimum absolute atomic E-state index is 0.0730. The van der Waals surface area contributed by atoms with Crippen LogP contribution in [0, 0.1) is 5.82 Å². The molecule has 1 N–H and O–H groups in total. The lowest BCUT2D eigenvalue weighted by Gasteiger charge is -2.18. The number of amides is 1. The van der Waals surface area contributed by atoms with Crippen molar-refractivity contribution in [2.75, 3.05) is 11.4 Å². The molecule has 0 radical (unpaired) electrons. The highest BCUT2D eigenvalue weighted by molar-refractivity contribution is 5.94. The number of nitrogens with zero attached hydrogens (tertiary/aromatic N) is 2. The first-order chi connectivity index (χ1) is 10.8. The molecule has 0 aliphatic carbocycles. The molecule has 120 valence electrons. The number of hydrogen-bond donors (Lipinski definition) is 1. The van der Waals surface area contributed by atoms with Gasteiger partial charge in [0.2, 0.25) is 5.91 Å². The molecule has 4 nitrogen and oxygen atoms in total. The zero-order valence-electron chi connectivity index (χ0n) is 13.4. The fraction of sp³-hybridized carbons (Fsp3) is 0.333. The summed E-state index contributed by atoms with van der Waals surface area (Å²) in [7, 11) is 0. The summed E-state index contributed by atoms with van der Waals surface area (Å²) in [5, 5.41) is 10.5. The van der Waals surface area contributed by atoms with Gasteiger partial charge in [0.05, 0.1) is 11.4 Å². The predicted octanol–water partition coefficient (Wildman–Crippen LogP) is 2.95. The third-order valence-electron chi connectivity index (χ3n) is 4.27. The minimum Gasteiger partial charge on any atom is -0.383 e. The van der Waals surface area contributed by atoms with Crippen LogP contribution in [0.15, 0.2) is 36.5 Å².